The number of benzene rings is 1. The number of rotatable bonds is 1. The molecule has 21 heavy (non-hydrogen) atoms. The molecule has 1 saturated heterocycles. The Morgan fingerprint density at radius 3 is 2.86 bits per heavy atom. The molecular weight excluding hydrogens is 260 g/mol. The van der Waals surface area contributed by atoms with Gasteiger partial charge in [0.25, 0.3) is 0 Å². The first kappa shape index (κ1) is 13.8. The van der Waals surface area contributed by atoms with E-state index in [0.717, 1.165) is 36.1 Å². The summed E-state index contributed by atoms with van der Waals surface area (Å²) in [6.07, 6.45) is 2.62. The normalized spacial score (nSPS) is 21.2. The van der Waals surface area contributed by atoms with Gasteiger partial charge in [-0.3, -0.25) is 4.98 Å². The molecule has 0 aliphatic carbocycles. The summed E-state index contributed by atoms with van der Waals surface area (Å²) >= 11 is 0. The van der Waals surface area contributed by atoms with Gasteiger partial charge in [-0.15, -0.1) is 0 Å². The molecule has 4 nitrogen and oxygen atoms in total. The molecule has 108 valence electrons. The van der Waals surface area contributed by atoms with Crippen molar-refractivity contribution in [1.29, 1.82) is 5.26 Å². The van der Waals surface area contributed by atoms with Gasteiger partial charge >= 0.3 is 0 Å². The van der Waals surface area contributed by atoms with Crippen LogP contribution in [-0.4, -0.2) is 24.1 Å². The van der Waals surface area contributed by atoms with Crippen LogP contribution < -0.4 is 10.6 Å². The van der Waals surface area contributed by atoms with Gasteiger partial charge in [-0.2, -0.15) is 5.26 Å². The Balaban J connectivity index is 2.13. The van der Waals surface area contributed by atoms with Gasteiger partial charge in [0.2, 0.25) is 0 Å². The molecule has 0 amide bonds. The Hall–Kier alpha value is -2.12. The lowest BCUT2D eigenvalue weighted by Crippen LogP contribution is -2.52. The molecule has 0 radical (unpaired) electrons. The highest BCUT2D eigenvalue weighted by Crippen LogP contribution is 2.35. The van der Waals surface area contributed by atoms with E-state index in [4.69, 9.17) is 5.73 Å². The molecule has 1 aliphatic rings. The number of para-hydroxylation sites is 1. The fourth-order valence-electron chi connectivity index (χ4n) is 3.11. The lowest BCUT2D eigenvalue weighted by atomic mass is 9.79. The fourth-order valence-corrected chi connectivity index (χ4v) is 3.11. The maximum Gasteiger partial charge on any atom is 0.103 e. The number of aromatic nitrogens is 1. The van der Waals surface area contributed by atoms with Crippen LogP contribution in [0.1, 0.15) is 25.8 Å². The van der Waals surface area contributed by atoms with Crippen molar-refractivity contribution in [3.63, 3.8) is 0 Å². The van der Waals surface area contributed by atoms with E-state index < -0.39 is 0 Å². The lowest BCUT2D eigenvalue weighted by Gasteiger charge is -2.44. The Morgan fingerprint density at radius 1 is 1.38 bits per heavy atom. The van der Waals surface area contributed by atoms with Gasteiger partial charge < -0.3 is 10.6 Å². The molecule has 1 atom stereocenters. The minimum atomic E-state index is 0.0371. The quantitative estimate of drug-likeness (QED) is 0.872. The first-order chi connectivity index (χ1) is 10.0. The summed E-state index contributed by atoms with van der Waals surface area (Å²) in [5.41, 5.74) is 8.84. The smallest absolute Gasteiger partial charge is 0.103 e. The average molecular weight is 280 g/mol. The van der Waals surface area contributed by atoms with E-state index in [0.29, 0.717) is 5.56 Å². The second kappa shape index (κ2) is 5.01. The number of pyridine rings is 1. The van der Waals surface area contributed by atoms with Gasteiger partial charge in [0.05, 0.1) is 16.8 Å². The molecule has 1 aliphatic heterocycles. The zero-order valence-corrected chi connectivity index (χ0v) is 12.5. The number of nitrogens with zero attached hydrogens (tertiary/aromatic N) is 3. The fraction of sp³-hybridized carbons (Fsp3) is 0.412. The summed E-state index contributed by atoms with van der Waals surface area (Å²) in [7, 11) is 0. The molecule has 0 spiro atoms. The molecular formula is C17H20N4. The lowest BCUT2D eigenvalue weighted by molar-refractivity contribution is 0.245. The third-order valence-corrected chi connectivity index (χ3v) is 4.50. The van der Waals surface area contributed by atoms with Crippen LogP contribution in [0.2, 0.25) is 0 Å². The maximum absolute atomic E-state index is 9.45. The van der Waals surface area contributed by atoms with Crippen molar-refractivity contribution in [1.82, 2.24) is 4.98 Å². The molecule has 4 heteroatoms. The molecule has 3 rings (SSSR count). The van der Waals surface area contributed by atoms with Crippen molar-refractivity contribution in [2.75, 3.05) is 18.0 Å². The minimum absolute atomic E-state index is 0.0371. The molecule has 1 fully saturated rings. The number of hydrogen-bond acceptors (Lipinski definition) is 4. The van der Waals surface area contributed by atoms with E-state index in [-0.39, 0.29) is 11.5 Å². The standard InChI is InChI=1S/C17H20N4/c1-17(2)11-21(8-7-15(17)19)16-12(9-18)10-20-14-6-4-3-5-13(14)16/h3-6,10,15H,7-8,11,19H2,1-2H3. The van der Waals surface area contributed by atoms with Crippen molar-refractivity contribution < 1.29 is 0 Å². The summed E-state index contributed by atoms with van der Waals surface area (Å²) < 4.78 is 0. The zero-order chi connectivity index (χ0) is 15.0. The Labute approximate surface area is 125 Å². The zero-order valence-electron chi connectivity index (χ0n) is 12.5. The summed E-state index contributed by atoms with van der Waals surface area (Å²) in [6, 6.07) is 10.5. The third-order valence-electron chi connectivity index (χ3n) is 4.50. The van der Waals surface area contributed by atoms with E-state index in [1.165, 1.54) is 0 Å². The van der Waals surface area contributed by atoms with Crippen LogP contribution >= 0.6 is 0 Å². The number of nitriles is 1. The highest BCUT2D eigenvalue weighted by atomic mass is 15.2. The van der Waals surface area contributed by atoms with Gasteiger partial charge in [0, 0.05) is 30.7 Å². The van der Waals surface area contributed by atoms with Crippen molar-refractivity contribution >= 4 is 16.6 Å². The van der Waals surface area contributed by atoms with Crippen molar-refractivity contribution in [2.45, 2.75) is 26.3 Å². The first-order valence-electron chi connectivity index (χ1n) is 7.31. The second-order valence-electron chi connectivity index (χ2n) is 6.45. The minimum Gasteiger partial charge on any atom is -0.369 e. The van der Waals surface area contributed by atoms with Gasteiger partial charge in [-0.25, -0.2) is 0 Å². The number of anilines is 1. The highest BCUT2D eigenvalue weighted by molar-refractivity contribution is 5.94. The Bertz CT molecular complexity index is 714. The SMILES string of the molecule is CC1(C)CN(c2c(C#N)cnc3ccccc23)CCC1N. The van der Waals surface area contributed by atoms with E-state index in [1.807, 2.05) is 24.3 Å². The van der Waals surface area contributed by atoms with Crippen LogP contribution in [0.4, 0.5) is 5.69 Å². The van der Waals surface area contributed by atoms with Gasteiger partial charge in [0.15, 0.2) is 0 Å². The van der Waals surface area contributed by atoms with Crippen LogP contribution in [0, 0.1) is 16.7 Å². The number of fused-ring (bicyclic) bond motifs is 1. The Morgan fingerprint density at radius 2 is 2.14 bits per heavy atom. The molecule has 2 heterocycles. The van der Waals surface area contributed by atoms with E-state index in [9.17, 15) is 5.26 Å². The van der Waals surface area contributed by atoms with Gasteiger partial charge in [-0.05, 0) is 17.9 Å². The van der Waals surface area contributed by atoms with Crippen molar-refractivity contribution in [3.05, 3.63) is 36.0 Å². The number of hydrogen-bond donors (Lipinski definition) is 1. The summed E-state index contributed by atoms with van der Waals surface area (Å²) in [5, 5.41) is 10.5. The number of piperidine rings is 1. The van der Waals surface area contributed by atoms with Gasteiger partial charge in [0.1, 0.15) is 6.07 Å². The van der Waals surface area contributed by atoms with Crippen LogP contribution in [0.5, 0.6) is 0 Å². The number of nitrogens with two attached hydrogens (primary N) is 1. The molecule has 1 aromatic heterocycles. The molecule has 0 bridgehead atoms. The summed E-state index contributed by atoms with van der Waals surface area (Å²) in [6.45, 7) is 6.13. The second-order valence-corrected chi connectivity index (χ2v) is 6.45. The summed E-state index contributed by atoms with van der Waals surface area (Å²) in [4.78, 5) is 6.68. The van der Waals surface area contributed by atoms with E-state index >= 15 is 0 Å². The largest absolute Gasteiger partial charge is 0.369 e. The van der Waals surface area contributed by atoms with Crippen LogP contribution in [-0.2, 0) is 0 Å². The van der Waals surface area contributed by atoms with Crippen molar-refractivity contribution in [3.8, 4) is 6.07 Å². The predicted octanol–water partition coefficient (Wildman–Crippen LogP) is 2.67. The molecule has 2 N–H and O–H groups in total. The van der Waals surface area contributed by atoms with Crippen LogP contribution in [0.15, 0.2) is 30.5 Å². The first-order valence-corrected chi connectivity index (χ1v) is 7.31. The van der Waals surface area contributed by atoms with E-state index in [2.05, 4.69) is 29.8 Å². The molecule has 0 saturated carbocycles. The maximum atomic E-state index is 9.45. The molecule has 2 aromatic rings. The monoisotopic (exact) mass is 280 g/mol. The van der Waals surface area contributed by atoms with E-state index in [1.54, 1.807) is 6.20 Å². The third kappa shape index (κ3) is 2.34. The highest BCUT2D eigenvalue weighted by Gasteiger charge is 2.34. The van der Waals surface area contributed by atoms with Crippen LogP contribution in [0.25, 0.3) is 10.9 Å². The summed E-state index contributed by atoms with van der Waals surface area (Å²) in [5.74, 6) is 0. The van der Waals surface area contributed by atoms with Gasteiger partial charge in [-0.1, -0.05) is 32.0 Å². The van der Waals surface area contributed by atoms with Crippen LogP contribution in [0.3, 0.4) is 0 Å². The molecule has 1 aromatic carbocycles. The Kier molecular flexibility index (Phi) is 3.30. The predicted molar refractivity (Wildman–Crippen MR) is 85.0 cm³/mol. The van der Waals surface area contributed by atoms with Crippen molar-refractivity contribution in [2.24, 2.45) is 11.1 Å². The average Bonchev–Trinajstić information content (AvgIpc) is 2.49. The molecule has 1 unspecified atom stereocenters. The topological polar surface area (TPSA) is 65.9 Å².